The van der Waals surface area contributed by atoms with Crippen molar-refractivity contribution in [3.63, 3.8) is 0 Å². The molecule has 0 spiro atoms. The maximum Gasteiger partial charge on any atom is 0.240 e. The fourth-order valence-corrected chi connectivity index (χ4v) is 2.62. The molecule has 30 heavy (non-hydrogen) atoms. The predicted molar refractivity (Wildman–Crippen MR) is 115 cm³/mol. The van der Waals surface area contributed by atoms with Crippen LogP contribution in [-0.4, -0.2) is 41.5 Å². The number of ether oxygens (including phenoxy) is 1. The minimum Gasteiger partial charge on any atom is -0.506 e. The number of hydrogen-bond donors (Lipinski definition) is 4. The van der Waals surface area contributed by atoms with Gasteiger partial charge in [-0.25, -0.2) is 5.43 Å². The van der Waals surface area contributed by atoms with E-state index < -0.39 is 0 Å². The summed E-state index contributed by atoms with van der Waals surface area (Å²) in [5.41, 5.74) is 3.63. The Hall–Kier alpha value is -3.39. The zero-order chi connectivity index (χ0) is 21.6. The average molecular weight is 413 g/mol. The van der Waals surface area contributed by atoms with Crippen LogP contribution in [0.1, 0.15) is 37.7 Å². The molecule has 2 rings (SSSR count). The van der Waals surface area contributed by atoms with E-state index in [0.717, 1.165) is 12.0 Å². The number of benzene rings is 2. The van der Waals surface area contributed by atoms with Crippen molar-refractivity contribution < 1.29 is 24.5 Å². The highest BCUT2D eigenvalue weighted by Gasteiger charge is 2.06. The van der Waals surface area contributed by atoms with Crippen molar-refractivity contribution in [1.29, 1.82) is 0 Å². The van der Waals surface area contributed by atoms with Crippen LogP contribution in [0.3, 0.4) is 0 Å². The molecule has 0 aromatic heterocycles. The highest BCUT2D eigenvalue weighted by Crippen LogP contribution is 2.21. The smallest absolute Gasteiger partial charge is 0.240 e. The number of phenolic OH excluding ortho intramolecular Hbond substituents is 1. The summed E-state index contributed by atoms with van der Waals surface area (Å²) in [6.07, 6.45) is 4.19. The number of aliphatic hydroxyl groups is 1. The van der Waals surface area contributed by atoms with E-state index in [9.17, 15) is 14.7 Å². The Morgan fingerprint density at radius 1 is 1.00 bits per heavy atom. The average Bonchev–Trinajstić information content (AvgIpc) is 2.74. The third kappa shape index (κ3) is 8.74. The van der Waals surface area contributed by atoms with Crippen LogP contribution in [0.4, 0.5) is 5.69 Å². The molecule has 160 valence electrons. The van der Waals surface area contributed by atoms with Crippen molar-refractivity contribution in [2.75, 3.05) is 18.5 Å². The summed E-state index contributed by atoms with van der Waals surface area (Å²) in [7, 11) is 0. The maximum atomic E-state index is 11.9. The summed E-state index contributed by atoms with van der Waals surface area (Å²) in [5.74, 6) is 0.284. The largest absolute Gasteiger partial charge is 0.506 e. The topological polar surface area (TPSA) is 120 Å². The number of amides is 2. The van der Waals surface area contributed by atoms with Crippen LogP contribution in [0.2, 0.25) is 0 Å². The molecule has 0 bridgehead atoms. The van der Waals surface area contributed by atoms with Crippen LogP contribution in [0.5, 0.6) is 11.5 Å². The Kier molecular flexibility index (Phi) is 9.88. The van der Waals surface area contributed by atoms with E-state index in [4.69, 9.17) is 9.84 Å². The molecule has 0 fully saturated rings. The van der Waals surface area contributed by atoms with Crippen LogP contribution in [0.15, 0.2) is 53.6 Å². The van der Waals surface area contributed by atoms with E-state index >= 15 is 0 Å². The monoisotopic (exact) mass is 413 g/mol. The van der Waals surface area contributed by atoms with Gasteiger partial charge in [0.25, 0.3) is 0 Å². The molecule has 0 unspecified atom stereocenters. The highest BCUT2D eigenvalue weighted by atomic mass is 16.5. The third-order valence-electron chi connectivity index (χ3n) is 4.11. The minimum atomic E-state index is -0.197. The first-order valence-corrected chi connectivity index (χ1v) is 9.82. The zero-order valence-electron chi connectivity index (χ0n) is 16.7. The van der Waals surface area contributed by atoms with Crippen LogP contribution in [-0.2, 0) is 9.59 Å². The number of rotatable bonds is 12. The quantitative estimate of drug-likeness (QED) is 0.185. The van der Waals surface area contributed by atoms with Gasteiger partial charge in [0.2, 0.25) is 11.8 Å². The minimum absolute atomic E-state index is 0.0347. The number of para-hydroxylation sites is 2. The van der Waals surface area contributed by atoms with Gasteiger partial charge < -0.3 is 20.3 Å². The fourth-order valence-electron chi connectivity index (χ4n) is 2.62. The van der Waals surface area contributed by atoms with Gasteiger partial charge in [0.05, 0.1) is 18.5 Å². The molecule has 8 heteroatoms. The number of carbonyl (C=O) groups is 2. The molecule has 4 N–H and O–H groups in total. The lowest BCUT2D eigenvalue weighted by molar-refractivity contribution is -0.121. The SMILES string of the molecule is O=C(CCCCCC(=O)Nc1ccccc1O)N/N=C/c1cccc(OCCO)c1. The predicted octanol–water partition coefficient (Wildman–Crippen LogP) is 2.80. The Balaban J connectivity index is 1.59. The molecule has 8 nitrogen and oxygen atoms in total. The molecule has 0 saturated heterocycles. The van der Waals surface area contributed by atoms with E-state index in [2.05, 4.69) is 15.8 Å². The molecular formula is C22H27N3O5. The van der Waals surface area contributed by atoms with Gasteiger partial charge in [-0.3, -0.25) is 9.59 Å². The van der Waals surface area contributed by atoms with Gasteiger partial charge in [-0.15, -0.1) is 0 Å². The lowest BCUT2D eigenvalue weighted by atomic mass is 10.1. The van der Waals surface area contributed by atoms with Crippen LogP contribution >= 0.6 is 0 Å². The first-order valence-electron chi connectivity index (χ1n) is 9.82. The number of nitrogens with one attached hydrogen (secondary N) is 2. The lowest BCUT2D eigenvalue weighted by Crippen LogP contribution is -2.17. The van der Waals surface area contributed by atoms with Gasteiger partial charge >= 0.3 is 0 Å². The highest BCUT2D eigenvalue weighted by molar-refractivity contribution is 5.92. The van der Waals surface area contributed by atoms with E-state index in [-0.39, 0.29) is 30.8 Å². The number of nitrogens with zero attached hydrogens (tertiary/aromatic N) is 1. The number of unbranched alkanes of at least 4 members (excludes halogenated alkanes) is 2. The fraction of sp³-hybridized carbons (Fsp3) is 0.318. The van der Waals surface area contributed by atoms with Gasteiger partial charge in [0.15, 0.2) is 0 Å². The summed E-state index contributed by atoms with van der Waals surface area (Å²) in [4.78, 5) is 23.7. The van der Waals surface area contributed by atoms with Crippen molar-refractivity contribution in [1.82, 2.24) is 5.43 Å². The Bertz CT molecular complexity index is 854. The molecule has 0 aliphatic heterocycles. The number of phenols is 1. The van der Waals surface area contributed by atoms with Crippen LogP contribution < -0.4 is 15.5 Å². The maximum absolute atomic E-state index is 11.9. The molecule has 2 aromatic rings. The second-order valence-electron chi connectivity index (χ2n) is 6.56. The summed E-state index contributed by atoms with van der Waals surface area (Å²) < 4.78 is 5.32. The van der Waals surface area contributed by atoms with Gasteiger partial charge in [-0.2, -0.15) is 5.10 Å². The van der Waals surface area contributed by atoms with E-state index in [1.54, 1.807) is 36.4 Å². The van der Waals surface area contributed by atoms with E-state index in [1.165, 1.54) is 12.3 Å². The summed E-state index contributed by atoms with van der Waals surface area (Å²) in [6.45, 7) is 0.156. The molecule has 2 amide bonds. The van der Waals surface area contributed by atoms with Crippen molar-refractivity contribution in [3.05, 3.63) is 54.1 Å². The molecule has 0 saturated carbocycles. The third-order valence-corrected chi connectivity index (χ3v) is 4.11. The first kappa shape index (κ1) is 22.9. The molecule has 0 heterocycles. The Morgan fingerprint density at radius 2 is 1.77 bits per heavy atom. The first-order chi connectivity index (χ1) is 14.6. The summed E-state index contributed by atoms with van der Waals surface area (Å²) >= 11 is 0. The van der Waals surface area contributed by atoms with Crippen molar-refractivity contribution in [3.8, 4) is 11.5 Å². The van der Waals surface area contributed by atoms with Crippen molar-refractivity contribution in [2.45, 2.75) is 32.1 Å². The lowest BCUT2D eigenvalue weighted by Gasteiger charge is -2.06. The molecule has 2 aromatic carbocycles. The zero-order valence-corrected chi connectivity index (χ0v) is 16.7. The number of aromatic hydroxyl groups is 1. The van der Waals surface area contributed by atoms with Gasteiger partial charge in [0.1, 0.15) is 18.1 Å². The Morgan fingerprint density at radius 3 is 2.53 bits per heavy atom. The number of anilines is 1. The molecular weight excluding hydrogens is 386 g/mol. The molecule has 0 aliphatic carbocycles. The normalized spacial score (nSPS) is 10.7. The molecule has 0 aliphatic rings. The van der Waals surface area contributed by atoms with Gasteiger partial charge in [0, 0.05) is 12.8 Å². The second-order valence-corrected chi connectivity index (χ2v) is 6.56. The summed E-state index contributed by atoms with van der Waals surface area (Å²) in [5, 5.41) is 25.0. The molecule has 0 radical (unpaired) electrons. The Labute approximate surface area is 175 Å². The van der Waals surface area contributed by atoms with Crippen molar-refractivity contribution >= 4 is 23.7 Å². The van der Waals surface area contributed by atoms with Gasteiger partial charge in [-0.1, -0.05) is 30.7 Å². The number of carbonyl (C=O) groups excluding carboxylic acids is 2. The van der Waals surface area contributed by atoms with Crippen molar-refractivity contribution in [2.24, 2.45) is 5.10 Å². The summed E-state index contributed by atoms with van der Waals surface area (Å²) in [6, 6.07) is 13.7. The number of hydrogen-bond acceptors (Lipinski definition) is 6. The number of hydrazone groups is 1. The number of aliphatic hydroxyl groups excluding tert-OH is 1. The second kappa shape index (κ2) is 12.9. The van der Waals surface area contributed by atoms with Crippen LogP contribution in [0.25, 0.3) is 0 Å². The van der Waals surface area contributed by atoms with E-state index in [0.29, 0.717) is 37.1 Å². The van der Waals surface area contributed by atoms with E-state index in [1.807, 2.05) is 6.07 Å². The van der Waals surface area contributed by atoms with Gasteiger partial charge in [-0.05, 0) is 42.7 Å². The molecule has 0 atom stereocenters. The standard InChI is InChI=1S/C22H27N3O5/c26-13-14-30-18-8-6-7-17(15-18)16-23-25-22(29)12-3-1-2-11-21(28)24-19-9-4-5-10-20(19)27/h4-10,15-16,26-27H,1-3,11-14H2,(H,24,28)(H,25,29)/b23-16+. The van der Waals surface area contributed by atoms with Crippen LogP contribution in [0, 0.1) is 0 Å².